The lowest BCUT2D eigenvalue weighted by Gasteiger charge is -2.29. The molecule has 0 unspecified atom stereocenters. The van der Waals surface area contributed by atoms with Gasteiger partial charge in [0.2, 0.25) is 0 Å². The molecule has 2 atom stereocenters. The van der Waals surface area contributed by atoms with Gasteiger partial charge in [-0.1, -0.05) is 17.4 Å². The van der Waals surface area contributed by atoms with Crippen LogP contribution in [-0.2, 0) is 9.47 Å². The molecular weight excluding hydrogens is 569 g/mol. The number of carbonyl (C=O) groups is 2. The van der Waals surface area contributed by atoms with E-state index < -0.39 is 17.5 Å². The van der Waals surface area contributed by atoms with Crippen molar-refractivity contribution in [2.24, 2.45) is 0 Å². The minimum atomic E-state index is -0.638. The molecule has 43 heavy (non-hydrogen) atoms. The summed E-state index contributed by atoms with van der Waals surface area (Å²) in [6.45, 7) is 7.82. The third-order valence-electron chi connectivity index (χ3n) is 8.29. The first kappa shape index (κ1) is 29.5. The fourth-order valence-electron chi connectivity index (χ4n) is 5.95. The third kappa shape index (κ3) is 6.11. The number of ether oxygens (including phenoxy) is 2. The summed E-state index contributed by atoms with van der Waals surface area (Å²) in [7, 11) is 3.72. The highest BCUT2D eigenvalue weighted by Gasteiger charge is 2.39. The maximum Gasteiger partial charge on any atom is 0.410 e. The Morgan fingerprint density at radius 2 is 1.88 bits per heavy atom. The molecule has 2 aliphatic heterocycles. The number of aromatic nitrogens is 2. The van der Waals surface area contributed by atoms with Crippen LogP contribution in [0.15, 0.2) is 42.6 Å². The number of methoxy groups -OCH3 is 1. The number of rotatable bonds is 5. The summed E-state index contributed by atoms with van der Waals surface area (Å²) in [6, 6.07) is 10.5. The molecule has 4 aromatic rings. The van der Waals surface area contributed by atoms with Gasteiger partial charge in [-0.3, -0.25) is 14.1 Å². The summed E-state index contributed by atoms with van der Waals surface area (Å²) >= 11 is 1.47. The van der Waals surface area contributed by atoms with E-state index in [9.17, 15) is 9.59 Å². The van der Waals surface area contributed by atoms with Crippen LogP contribution in [0.3, 0.4) is 0 Å². The van der Waals surface area contributed by atoms with Gasteiger partial charge < -0.3 is 19.7 Å². The fraction of sp³-hybridized carbons (Fsp3) is 0.469. The van der Waals surface area contributed by atoms with Crippen molar-refractivity contribution >= 4 is 38.5 Å². The lowest BCUT2D eigenvalue weighted by molar-refractivity contribution is 0.0194. The predicted octanol–water partition coefficient (Wildman–Crippen LogP) is 5.88. The molecular formula is C32H38FN5O4S. The lowest BCUT2D eigenvalue weighted by Crippen LogP contribution is -2.43. The molecule has 228 valence electrons. The van der Waals surface area contributed by atoms with E-state index in [0.29, 0.717) is 35.3 Å². The van der Waals surface area contributed by atoms with E-state index in [-0.39, 0.29) is 24.1 Å². The Morgan fingerprint density at radius 1 is 1.12 bits per heavy atom. The second kappa shape index (κ2) is 11.5. The Labute approximate surface area is 254 Å². The van der Waals surface area contributed by atoms with Crippen LogP contribution in [-0.4, -0.2) is 82.7 Å². The number of hydrogen-bond donors (Lipinski definition) is 1. The molecule has 0 radical (unpaired) electrons. The van der Waals surface area contributed by atoms with E-state index in [0.717, 1.165) is 41.1 Å². The van der Waals surface area contributed by atoms with Crippen LogP contribution >= 0.6 is 11.3 Å². The van der Waals surface area contributed by atoms with Crippen LogP contribution in [0.2, 0.25) is 0 Å². The van der Waals surface area contributed by atoms with Crippen LogP contribution in [0.25, 0.3) is 26.4 Å². The highest BCUT2D eigenvalue weighted by atomic mass is 32.1. The number of fused-ring (bicyclic) bond motifs is 3. The first-order valence-electron chi connectivity index (χ1n) is 14.7. The van der Waals surface area contributed by atoms with Gasteiger partial charge in [0.25, 0.3) is 5.91 Å². The first-order chi connectivity index (χ1) is 20.5. The van der Waals surface area contributed by atoms with Crippen molar-refractivity contribution in [3.8, 4) is 11.3 Å². The Morgan fingerprint density at radius 3 is 2.58 bits per heavy atom. The van der Waals surface area contributed by atoms with E-state index in [1.54, 1.807) is 18.1 Å². The predicted molar refractivity (Wildman–Crippen MR) is 165 cm³/mol. The number of carbonyl (C=O) groups excluding carboxylic acids is 2. The molecule has 2 aliphatic rings. The first-order valence-corrected chi connectivity index (χ1v) is 15.5. The molecule has 2 amide bonds. The van der Waals surface area contributed by atoms with Crippen LogP contribution in [0.5, 0.6) is 0 Å². The average Bonchev–Trinajstić information content (AvgIpc) is 3.66. The topological polar surface area (TPSA) is 88.4 Å². The number of thiazole rings is 1. The quantitative estimate of drug-likeness (QED) is 0.305. The second-order valence-electron chi connectivity index (χ2n) is 12.6. The number of piperidine rings is 1. The number of benzene rings is 2. The van der Waals surface area contributed by atoms with E-state index in [1.165, 1.54) is 17.4 Å². The normalized spacial score (nSPS) is 20.3. The van der Waals surface area contributed by atoms with E-state index >= 15 is 4.39 Å². The zero-order valence-electron chi connectivity index (χ0n) is 25.2. The van der Waals surface area contributed by atoms with Gasteiger partial charge in [0.1, 0.15) is 11.4 Å². The second-order valence-corrected chi connectivity index (χ2v) is 13.6. The van der Waals surface area contributed by atoms with Crippen LogP contribution in [0.1, 0.15) is 62.0 Å². The highest BCUT2D eigenvalue weighted by molar-refractivity contribution is 7.23. The minimum absolute atomic E-state index is 0.0605. The lowest BCUT2D eigenvalue weighted by atomic mass is 10.0. The zero-order valence-corrected chi connectivity index (χ0v) is 26.0. The van der Waals surface area contributed by atoms with Crippen molar-refractivity contribution < 1.29 is 23.5 Å². The molecule has 2 saturated heterocycles. The zero-order chi connectivity index (χ0) is 30.5. The molecule has 0 saturated carbocycles. The number of halogens is 1. The SMILES string of the molecule is CO[C@@H]1C[C@H](c2ccc(-c3cn4c(n3)sc3cc(C(=O)NC5CCN(C)CC5)ccc34)c(F)c2)N(C(=O)OC(C)(C)C)C1. The molecule has 4 heterocycles. The smallest absolute Gasteiger partial charge is 0.410 e. The van der Waals surface area contributed by atoms with Crippen LogP contribution in [0, 0.1) is 5.82 Å². The summed E-state index contributed by atoms with van der Waals surface area (Å²) in [5.74, 6) is -0.472. The molecule has 9 nitrogen and oxygen atoms in total. The molecule has 6 rings (SSSR count). The number of nitrogens with one attached hydrogen (secondary N) is 1. The van der Waals surface area contributed by atoms with Crippen LogP contribution in [0.4, 0.5) is 9.18 Å². The summed E-state index contributed by atoms with van der Waals surface area (Å²) in [5, 5.41) is 3.17. The summed E-state index contributed by atoms with van der Waals surface area (Å²) in [6.07, 6.45) is 3.69. The van der Waals surface area contributed by atoms with Crippen molar-refractivity contribution in [3.05, 3.63) is 59.5 Å². The average molecular weight is 608 g/mol. The Balaban J connectivity index is 1.22. The van der Waals surface area contributed by atoms with E-state index in [4.69, 9.17) is 14.5 Å². The van der Waals surface area contributed by atoms with Gasteiger partial charge in [-0.15, -0.1) is 0 Å². The van der Waals surface area contributed by atoms with E-state index in [1.807, 2.05) is 55.6 Å². The number of hydrogen-bond acceptors (Lipinski definition) is 7. The largest absolute Gasteiger partial charge is 0.444 e. The minimum Gasteiger partial charge on any atom is -0.444 e. The fourth-order valence-corrected chi connectivity index (χ4v) is 6.99. The van der Waals surface area contributed by atoms with Crippen molar-refractivity contribution in [1.82, 2.24) is 24.5 Å². The van der Waals surface area contributed by atoms with Crippen molar-refractivity contribution in [3.63, 3.8) is 0 Å². The molecule has 11 heteroatoms. The van der Waals surface area contributed by atoms with Crippen molar-refractivity contribution in [2.75, 3.05) is 33.8 Å². The van der Waals surface area contributed by atoms with Gasteiger partial charge in [0, 0.05) is 36.9 Å². The Kier molecular flexibility index (Phi) is 7.91. The third-order valence-corrected chi connectivity index (χ3v) is 9.31. The van der Waals surface area contributed by atoms with Gasteiger partial charge in [0.05, 0.1) is 34.6 Å². The number of nitrogens with zero attached hydrogens (tertiary/aromatic N) is 4. The maximum atomic E-state index is 15.6. The number of likely N-dealkylation sites (tertiary alicyclic amines) is 2. The molecule has 1 N–H and O–H groups in total. The van der Waals surface area contributed by atoms with E-state index in [2.05, 4.69) is 17.3 Å². The van der Waals surface area contributed by atoms with Gasteiger partial charge in [-0.2, -0.15) is 0 Å². The Hall–Kier alpha value is -3.54. The van der Waals surface area contributed by atoms with Crippen molar-refractivity contribution in [2.45, 2.75) is 63.8 Å². The van der Waals surface area contributed by atoms with Crippen LogP contribution < -0.4 is 5.32 Å². The molecule has 2 fully saturated rings. The molecule has 2 aromatic carbocycles. The van der Waals surface area contributed by atoms with Crippen molar-refractivity contribution in [1.29, 1.82) is 0 Å². The van der Waals surface area contributed by atoms with Gasteiger partial charge in [-0.25, -0.2) is 14.2 Å². The monoisotopic (exact) mass is 607 g/mol. The Bertz CT molecular complexity index is 1670. The molecule has 2 aromatic heterocycles. The summed E-state index contributed by atoms with van der Waals surface area (Å²) in [4.78, 5) is 35.2. The van der Waals surface area contributed by atoms with Gasteiger partial charge in [-0.05, 0) is 89.6 Å². The summed E-state index contributed by atoms with van der Waals surface area (Å²) < 4.78 is 29.6. The molecule has 0 aliphatic carbocycles. The molecule has 0 spiro atoms. The standard InChI is InChI=1S/C32H38FN5O4S/c1-32(2,3)42-31(40)38-17-22(41-5)16-27(38)19-6-8-23(24(33)14-19)25-18-37-26-9-7-20(15-28(26)43-30(37)35-25)29(39)34-21-10-12-36(4)13-11-21/h6-9,14-15,18,21-22,27H,10-13,16-17H2,1-5H3,(H,34,39)/t22-,27-/m1/s1. The summed E-state index contributed by atoms with van der Waals surface area (Å²) in [5.41, 5.74) is 2.49. The van der Waals surface area contributed by atoms with Gasteiger partial charge >= 0.3 is 6.09 Å². The maximum absolute atomic E-state index is 15.6. The molecule has 0 bridgehead atoms. The number of amides is 2. The number of imidazole rings is 1. The highest BCUT2D eigenvalue weighted by Crippen LogP contribution is 2.37. The van der Waals surface area contributed by atoms with Gasteiger partial charge in [0.15, 0.2) is 4.96 Å².